The second kappa shape index (κ2) is 12.4. The third-order valence-electron chi connectivity index (χ3n) is 6.36. The molecule has 0 radical (unpaired) electrons. The van der Waals surface area contributed by atoms with E-state index in [2.05, 4.69) is 10.3 Å². The van der Waals surface area contributed by atoms with Crippen molar-refractivity contribution in [1.82, 2.24) is 10.3 Å². The Balaban J connectivity index is 1.45. The SMILES string of the molecule is COc1ccccc1CCC(=O)NCC(C(=O)COc1ccc(Cl)cc1)C(N)c1c[nH]c2ccccc12. The smallest absolute Gasteiger partial charge is 0.220 e. The molecule has 4 rings (SSSR count). The average Bonchev–Trinajstić information content (AvgIpc) is 3.36. The highest BCUT2D eigenvalue weighted by Gasteiger charge is 2.29. The number of aromatic amines is 1. The Bertz CT molecular complexity index is 1350. The summed E-state index contributed by atoms with van der Waals surface area (Å²) >= 11 is 5.93. The molecule has 0 bridgehead atoms. The Morgan fingerprint density at radius 2 is 1.76 bits per heavy atom. The summed E-state index contributed by atoms with van der Waals surface area (Å²) in [5, 5.41) is 4.42. The first-order valence-corrected chi connectivity index (χ1v) is 12.5. The summed E-state index contributed by atoms with van der Waals surface area (Å²) in [7, 11) is 1.60. The number of nitrogens with one attached hydrogen (secondary N) is 2. The van der Waals surface area contributed by atoms with Crippen LogP contribution in [0.5, 0.6) is 11.5 Å². The van der Waals surface area contributed by atoms with Crippen molar-refractivity contribution >= 4 is 34.2 Å². The molecule has 0 aliphatic rings. The number of H-pyrrole nitrogens is 1. The number of hydrogen-bond donors (Lipinski definition) is 3. The van der Waals surface area contributed by atoms with E-state index in [0.29, 0.717) is 17.2 Å². The third kappa shape index (κ3) is 6.70. The number of halogens is 1. The van der Waals surface area contributed by atoms with Gasteiger partial charge in [-0.25, -0.2) is 0 Å². The molecule has 2 atom stereocenters. The molecule has 0 fully saturated rings. The van der Waals surface area contributed by atoms with Crippen molar-refractivity contribution in [3.8, 4) is 11.5 Å². The molecule has 192 valence electrons. The lowest BCUT2D eigenvalue weighted by molar-refractivity contribution is -0.126. The number of benzene rings is 3. The first-order chi connectivity index (χ1) is 18.0. The van der Waals surface area contributed by atoms with Gasteiger partial charge >= 0.3 is 0 Å². The zero-order valence-electron chi connectivity index (χ0n) is 20.6. The molecular weight excluding hydrogens is 490 g/mol. The van der Waals surface area contributed by atoms with Crippen LogP contribution >= 0.6 is 11.6 Å². The summed E-state index contributed by atoms with van der Waals surface area (Å²) in [5.41, 5.74) is 9.33. The molecule has 8 heteroatoms. The van der Waals surface area contributed by atoms with Crippen LogP contribution in [0.4, 0.5) is 0 Å². The number of ether oxygens (including phenoxy) is 2. The predicted octanol–water partition coefficient (Wildman–Crippen LogP) is 4.84. The normalized spacial score (nSPS) is 12.6. The molecule has 0 saturated heterocycles. The van der Waals surface area contributed by atoms with Crippen LogP contribution in [-0.2, 0) is 16.0 Å². The van der Waals surface area contributed by atoms with Gasteiger partial charge in [-0.2, -0.15) is 0 Å². The lowest BCUT2D eigenvalue weighted by Crippen LogP contribution is -2.40. The minimum Gasteiger partial charge on any atom is -0.496 e. The van der Waals surface area contributed by atoms with Gasteiger partial charge in [-0.05, 0) is 53.9 Å². The number of methoxy groups -OCH3 is 1. The Hall–Kier alpha value is -3.81. The average molecular weight is 520 g/mol. The van der Waals surface area contributed by atoms with Gasteiger partial charge in [0.1, 0.15) is 18.1 Å². The molecule has 4 aromatic rings. The van der Waals surface area contributed by atoms with E-state index in [-0.39, 0.29) is 31.3 Å². The van der Waals surface area contributed by atoms with Crippen LogP contribution in [0.25, 0.3) is 10.9 Å². The van der Waals surface area contributed by atoms with Gasteiger partial charge in [0.2, 0.25) is 5.91 Å². The number of carbonyl (C=O) groups excluding carboxylic acids is 2. The van der Waals surface area contributed by atoms with Crippen molar-refractivity contribution in [3.63, 3.8) is 0 Å². The highest BCUT2D eigenvalue weighted by Crippen LogP contribution is 2.28. The minimum absolute atomic E-state index is 0.0915. The van der Waals surface area contributed by atoms with E-state index in [4.69, 9.17) is 26.8 Å². The van der Waals surface area contributed by atoms with Gasteiger partial charge in [-0.15, -0.1) is 0 Å². The van der Waals surface area contributed by atoms with Crippen LogP contribution in [0, 0.1) is 5.92 Å². The molecule has 0 aliphatic heterocycles. The summed E-state index contributed by atoms with van der Waals surface area (Å²) < 4.78 is 11.1. The zero-order chi connectivity index (χ0) is 26.2. The number of aryl methyl sites for hydroxylation is 1. The number of Topliss-reactive ketones (excluding diaryl/α,β-unsaturated/α-hetero) is 1. The number of aromatic nitrogens is 1. The predicted molar refractivity (Wildman–Crippen MR) is 145 cm³/mol. The van der Waals surface area contributed by atoms with E-state index in [0.717, 1.165) is 27.8 Å². The van der Waals surface area contributed by atoms with Crippen LogP contribution in [0.3, 0.4) is 0 Å². The molecule has 4 N–H and O–H groups in total. The quantitative estimate of drug-likeness (QED) is 0.248. The Morgan fingerprint density at radius 3 is 2.54 bits per heavy atom. The summed E-state index contributed by atoms with van der Waals surface area (Å²) in [6.45, 7) is -0.0896. The second-order valence-corrected chi connectivity index (χ2v) is 9.18. The van der Waals surface area contributed by atoms with Gasteiger partial charge in [-0.1, -0.05) is 48.0 Å². The first kappa shape index (κ1) is 26.3. The lowest BCUT2D eigenvalue weighted by Gasteiger charge is -2.23. The van der Waals surface area contributed by atoms with Gasteiger partial charge in [0.05, 0.1) is 13.0 Å². The fraction of sp³-hybridized carbons (Fsp3) is 0.241. The molecule has 1 amide bonds. The van der Waals surface area contributed by atoms with Crippen LogP contribution in [0.2, 0.25) is 5.02 Å². The van der Waals surface area contributed by atoms with E-state index >= 15 is 0 Å². The maximum absolute atomic E-state index is 13.3. The summed E-state index contributed by atoms with van der Waals surface area (Å²) in [6.07, 6.45) is 2.59. The fourth-order valence-electron chi connectivity index (χ4n) is 4.29. The summed E-state index contributed by atoms with van der Waals surface area (Å²) in [4.78, 5) is 29.3. The van der Waals surface area contributed by atoms with Gasteiger partial charge in [0.15, 0.2) is 5.78 Å². The number of para-hydroxylation sites is 2. The summed E-state index contributed by atoms with van der Waals surface area (Å²) in [6, 6.07) is 21.5. The maximum atomic E-state index is 13.3. The Labute approximate surface area is 220 Å². The van der Waals surface area contributed by atoms with Crippen LogP contribution < -0.4 is 20.5 Å². The van der Waals surface area contributed by atoms with E-state index in [1.54, 1.807) is 31.4 Å². The zero-order valence-corrected chi connectivity index (χ0v) is 21.3. The molecule has 0 saturated carbocycles. The van der Waals surface area contributed by atoms with Crippen molar-refractivity contribution in [3.05, 3.63) is 95.1 Å². The monoisotopic (exact) mass is 519 g/mol. The fourth-order valence-corrected chi connectivity index (χ4v) is 4.42. The van der Waals surface area contributed by atoms with Crippen molar-refractivity contribution in [1.29, 1.82) is 0 Å². The molecule has 1 heterocycles. The van der Waals surface area contributed by atoms with E-state index in [1.165, 1.54) is 0 Å². The van der Waals surface area contributed by atoms with Gasteiger partial charge in [0.25, 0.3) is 0 Å². The highest BCUT2D eigenvalue weighted by atomic mass is 35.5. The highest BCUT2D eigenvalue weighted by molar-refractivity contribution is 6.30. The number of carbonyl (C=O) groups is 2. The molecular formula is C29H30ClN3O4. The first-order valence-electron chi connectivity index (χ1n) is 12.1. The third-order valence-corrected chi connectivity index (χ3v) is 6.61. The van der Waals surface area contributed by atoms with Crippen molar-refractivity contribution in [2.45, 2.75) is 18.9 Å². The Kier molecular flexibility index (Phi) is 8.82. The molecule has 3 aromatic carbocycles. The largest absolute Gasteiger partial charge is 0.496 e. The number of rotatable bonds is 12. The number of ketones is 1. The number of fused-ring (bicyclic) bond motifs is 1. The maximum Gasteiger partial charge on any atom is 0.220 e. The second-order valence-electron chi connectivity index (χ2n) is 8.75. The van der Waals surface area contributed by atoms with Crippen LogP contribution in [0.1, 0.15) is 23.6 Å². The van der Waals surface area contributed by atoms with Crippen LogP contribution in [0.15, 0.2) is 79.0 Å². The molecule has 7 nitrogen and oxygen atoms in total. The van der Waals surface area contributed by atoms with E-state index in [9.17, 15) is 9.59 Å². The van der Waals surface area contributed by atoms with Gasteiger partial charge in [-0.3, -0.25) is 9.59 Å². The van der Waals surface area contributed by atoms with Gasteiger partial charge < -0.3 is 25.5 Å². The standard InChI is InChI=1S/C29H30ClN3O4/c1-36-27-9-5-2-6-19(27)10-15-28(35)33-17-24(26(34)18-37-21-13-11-20(30)12-14-21)29(31)23-16-32-25-8-4-3-7-22(23)25/h2-9,11-14,16,24,29,32H,10,15,17-18,31H2,1H3,(H,33,35). The van der Waals surface area contributed by atoms with Crippen molar-refractivity contribution in [2.75, 3.05) is 20.3 Å². The molecule has 2 unspecified atom stereocenters. The van der Waals surface area contributed by atoms with Crippen molar-refractivity contribution in [2.24, 2.45) is 11.7 Å². The van der Waals surface area contributed by atoms with Crippen molar-refractivity contribution < 1.29 is 19.1 Å². The molecule has 0 spiro atoms. The van der Waals surface area contributed by atoms with Crippen LogP contribution in [-0.4, -0.2) is 36.9 Å². The lowest BCUT2D eigenvalue weighted by atomic mass is 9.90. The number of nitrogens with two attached hydrogens (primary N) is 1. The Morgan fingerprint density at radius 1 is 1.03 bits per heavy atom. The molecule has 1 aromatic heterocycles. The van der Waals surface area contributed by atoms with E-state index < -0.39 is 12.0 Å². The topological polar surface area (TPSA) is 106 Å². The van der Waals surface area contributed by atoms with Gasteiger partial charge in [0, 0.05) is 41.1 Å². The number of hydrogen-bond acceptors (Lipinski definition) is 5. The van der Waals surface area contributed by atoms with E-state index in [1.807, 2.05) is 54.7 Å². The number of amides is 1. The minimum atomic E-state index is -0.693. The molecule has 37 heavy (non-hydrogen) atoms. The molecule has 0 aliphatic carbocycles. The summed E-state index contributed by atoms with van der Waals surface area (Å²) in [5.74, 6) is 0.190.